The van der Waals surface area contributed by atoms with E-state index in [0.717, 1.165) is 78.3 Å². The minimum atomic E-state index is 0.669. The van der Waals surface area contributed by atoms with Gasteiger partial charge >= 0.3 is 0 Å². The van der Waals surface area contributed by atoms with E-state index in [2.05, 4.69) is 76.2 Å². The van der Waals surface area contributed by atoms with Gasteiger partial charge in [-0.3, -0.25) is 4.90 Å². The molecule has 1 aliphatic rings. The highest BCUT2D eigenvalue weighted by Crippen LogP contribution is 2.31. The largest absolute Gasteiger partial charge is 0.380 e. The van der Waals surface area contributed by atoms with Crippen LogP contribution in [0.4, 0.5) is 5.82 Å². The fraction of sp³-hybridized carbons (Fsp3) is 0.407. The Bertz CT molecular complexity index is 1260. The number of likely N-dealkylation sites (N-methyl/N-ethyl adjacent to an activating group) is 2. The molecule has 1 aliphatic heterocycles. The van der Waals surface area contributed by atoms with E-state index in [4.69, 9.17) is 14.7 Å². The number of piperazine rings is 1. The Labute approximate surface area is 201 Å². The smallest absolute Gasteiger partial charge is 0.162 e. The number of hydrogen-bond donors (Lipinski definition) is 1. The maximum Gasteiger partial charge on any atom is 0.162 e. The molecule has 4 aromatic rings. The van der Waals surface area contributed by atoms with Crippen molar-refractivity contribution >= 4 is 27.6 Å². The van der Waals surface area contributed by atoms with Crippen molar-refractivity contribution in [1.82, 2.24) is 24.8 Å². The Morgan fingerprint density at radius 1 is 1.03 bits per heavy atom. The molecule has 178 valence electrons. The molecule has 0 saturated carbocycles. The summed E-state index contributed by atoms with van der Waals surface area (Å²) in [5, 5.41) is 2.23. The van der Waals surface area contributed by atoms with E-state index in [0.29, 0.717) is 13.2 Å². The molecular formula is C27H34N6O. The second kappa shape index (κ2) is 10.1. The van der Waals surface area contributed by atoms with Crippen LogP contribution in [0.25, 0.3) is 33.2 Å². The van der Waals surface area contributed by atoms with Crippen LogP contribution in [0.15, 0.2) is 48.7 Å². The van der Waals surface area contributed by atoms with Crippen LogP contribution in [-0.4, -0.2) is 84.8 Å². The quantitative estimate of drug-likeness (QED) is 0.403. The number of rotatable bonds is 8. The molecule has 34 heavy (non-hydrogen) atoms. The lowest BCUT2D eigenvalue weighted by Gasteiger charge is -2.32. The van der Waals surface area contributed by atoms with E-state index >= 15 is 0 Å². The zero-order valence-electron chi connectivity index (χ0n) is 20.4. The number of aromatic nitrogens is 3. The molecule has 2 aromatic heterocycles. The molecule has 0 radical (unpaired) electrons. The van der Waals surface area contributed by atoms with Crippen LogP contribution in [0, 0.1) is 0 Å². The fourth-order valence-electron chi connectivity index (χ4n) is 4.67. The zero-order chi connectivity index (χ0) is 23.5. The molecule has 7 heteroatoms. The van der Waals surface area contributed by atoms with Crippen molar-refractivity contribution in [2.75, 3.05) is 64.9 Å². The fourth-order valence-corrected chi connectivity index (χ4v) is 4.67. The number of benzene rings is 2. The molecule has 1 saturated heterocycles. The van der Waals surface area contributed by atoms with Crippen LogP contribution in [-0.2, 0) is 11.3 Å². The van der Waals surface area contributed by atoms with E-state index in [1.54, 1.807) is 0 Å². The molecule has 0 bridgehead atoms. The van der Waals surface area contributed by atoms with Gasteiger partial charge < -0.3 is 19.5 Å². The predicted octanol–water partition coefficient (Wildman–Crippen LogP) is 4.00. The van der Waals surface area contributed by atoms with Gasteiger partial charge in [0.1, 0.15) is 5.82 Å². The summed E-state index contributed by atoms with van der Waals surface area (Å²) in [5.74, 6) is 1.70. The number of aromatic amines is 1. The van der Waals surface area contributed by atoms with E-state index in [1.165, 1.54) is 5.56 Å². The highest BCUT2D eigenvalue weighted by molar-refractivity contribution is 5.96. The van der Waals surface area contributed by atoms with Crippen LogP contribution in [0.5, 0.6) is 0 Å². The van der Waals surface area contributed by atoms with Gasteiger partial charge in [-0.05, 0) is 43.8 Å². The highest BCUT2D eigenvalue weighted by Gasteiger charge is 2.18. The lowest BCUT2D eigenvalue weighted by Crippen LogP contribution is -2.43. The summed E-state index contributed by atoms with van der Waals surface area (Å²) in [5.41, 5.74) is 4.41. The van der Waals surface area contributed by atoms with Crippen molar-refractivity contribution in [2.45, 2.75) is 13.5 Å². The molecule has 5 rings (SSSR count). The van der Waals surface area contributed by atoms with Gasteiger partial charge in [0.15, 0.2) is 5.82 Å². The second-order valence-corrected chi connectivity index (χ2v) is 9.16. The number of ether oxygens (including phenoxy) is 1. The molecule has 1 fully saturated rings. The van der Waals surface area contributed by atoms with Gasteiger partial charge in [0.2, 0.25) is 0 Å². The Morgan fingerprint density at radius 2 is 1.88 bits per heavy atom. The highest BCUT2D eigenvalue weighted by atomic mass is 16.5. The van der Waals surface area contributed by atoms with Crippen molar-refractivity contribution in [3.05, 3.63) is 54.2 Å². The normalized spacial score (nSPS) is 15.4. The van der Waals surface area contributed by atoms with E-state index < -0.39 is 0 Å². The molecule has 0 aliphatic carbocycles. The number of hydrogen-bond acceptors (Lipinski definition) is 6. The number of nitrogens with zero attached hydrogens (tertiary/aromatic N) is 5. The van der Waals surface area contributed by atoms with E-state index in [1.807, 2.05) is 13.1 Å². The van der Waals surface area contributed by atoms with Gasteiger partial charge in [0.05, 0.1) is 12.1 Å². The first kappa shape index (κ1) is 22.8. The summed E-state index contributed by atoms with van der Waals surface area (Å²) >= 11 is 0. The Morgan fingerprint density at radius 3 is 2.71 bits per heavy atom. The summed E-state index contributed by atoms with van der Waals surface area (Å²) in [6, 6.07) is 15.0. The van der Waals surface area contributed by atoms with E-state index in [9.17, 15) is 0 Å². The third-order valence-electron chi connectivity index (χ3n) is 6.71. The summed E-state index contributed by atoms with van der Waals surface area (Å²) < 4.78 is 5.63. The lowest BCUT2D eigenvalue weighted by molar-refractivity contribution is 0.148. The molecular weight excluding hydrogens is 424 g/mol. The van der Waals surface area contributed by atoms with Crippen molar-refractivity contribution in [1.29, 1.82) is 0 Å². The molecule has 3 heterocycles. The van der Waals surface area contributed by atoms with Crippen LogP contribution in [0.1, 0.15) is 12.5 Å². The third-order valence-corrected chi connectivity index (χ3v) is 6.71. The van der Waals surface area contributed by atoms with Crippen LogP contribution >= 0.6 is 0 Å². The molecule has 7 nitrogen and oxygen atoms in total. The van der Waals surface area contributed by atoms with Crippen LogP contribution in [0.2, 0.25) is 0 Å². The number of anilines is 1. The average molecular weight is 459 g/mol. The van der Waals surface area contributed by atoms with Crippen LogP contribution < -0.4 is 4.90 Å². The number of H-pyrrole nitrogens is 1. The monoisotopic (exact) mass is 458 g/mol. The SMILES string of the molecule is CCOCCN(C)c1nc(-c2cccc3[nH]ccc23)nc2ccc(CN3CCN(C)CC3)cc12. The minimum Gasteiger partial charge on any atom is -0.380 e. The first-order chi connectivity index (χ1) is 16.6. The summed E-state index contributed by atoms with van der Waals surface area (Å²) in [6.07, 6.45) is 1.97. The molecule has 0 atom stereocenters. The van der Waals surface area contributed by atoms with Crippen LogP contribution in [0.3, 0.4) is 0 Å². The summed E-state index contributed by atoms with van der Waals surface area (Å²) in [4.78, 5) is 20.5. The predicted molar refractivity (Wildman–Crippen MR) is 139 cm³/mol. The molecule has 0 unspecified atom stereocenters. The number of nitrogens with one attached hydrogen (secondary N) is 1. The van der Waals surface area contributed by atoms with Gasteiger partial charge in [-0.15, -0.1) is 0 Å². The molecule has 0 amide bonds. The third kappa shape index (κ3) is 4.78. The van der Waals surface area contributed by atoms with E-state index in [-0.39, 0.29) is 0 Å². The Hall–Kier alpha value is -3.00. The van der Waals surface area contributed by atoms with Crippen molar-refractivity contribution in [3.8, 4) is 11.4 Å². The topological polar surface area (TPSA) is 60.5 Å². The second-order valence-electron chi connectivity index (χ2n) is 9.16. The van der Waals surface area contributed by atoms with Crippen molar-refractivity contribution in [3.63, 3.8) is 0 Å². The minimum absolute atomic E-state index is 0.669. The first-order valence-corrected chi connectivity index (χ1v) is 12.2. The van der Waals surface area contributed by atoms with Crippen molar-refractivity contribution < 1.29 is 4.74 Å². The average Bonchev–Trinajstić information content (AvgIpc) is 3.34. The lowest BCUT2D eigenvalue weighted by atomic mass is 10.1. The Balaban J connectivity index is 1.54. The maximum absolute atomic E-state index is 5.63. The molecule has 1 N–H and O–H groups in total. The van der Waals surface area contributed by atoms with Gasteiger partial charge in [0, 0.05) is 81.0 Å². The van der Waals surface area contributed by atoms with Gasteiger partial charge in [-0.2, -0.15) is 0 Å². The van der Waals surface area contributed by atoms with Gasteiger partial charge in [-0.1, -0.05) is 18.2 Å². The Kier molecular flexibility index (Phi) is 6.76. The van der Waals surface area contributed by atoms with Crippen molar-refractivity contribution in [2.24, 2.45) is 0 Å². The molecule has 2 aromatic carbocycles. The van der Waals surface area contributed by atoms with Gasteiger partial charge in [-0.25, -0.2) is 9.97 Å². The summed E-state index contributed by atoms with van der Waals surface area (Å²) in [7, 11) is 4.29. The number of fused-ring (bicyclic) bond motifs is 2. The maximum atomic E-state index is 5.63. The van der Waals surface area contributed by atoms with Gasteiger partial charge in [0.25, 0.3) is 0 Å². The summed E-state index contributed by atoms with van der Waals surface area (Å²) in [6.45, 7) is 9.59. The standard InChI is InChI=1S/C27H34N6O/c1-4-34-17-16-32(3)27-23-18-20(19-33-14-12-31(2)13-15-33)8-9-25(23)29-26(30-27)22-6-5-7-24-21(22)10-11-28-24/h5-11,18,28H,4,12-17,19H2,1-3H3. The molecule has 0 spiro atoms. The first-order valence-electron chi connectivity index (χ1n) is 12.2. The zero-order valence-corrected chi connectivity index (χ0v) is 20.4.